The van der Waals surface area contributed by atoms with Gasteiger partial charge in [0, 0.05) is 21.2 Å². The molecule has 0 fully saturated rings. The molecule has 0 radical (unpaired) electrons. The molecule has 0 atom stereocenters. The van der Waals surface area contributed by atoms with Gasteiger partial charge in [-0.15, -0.1) is 11.8 Å². The molecule has 106 valence electrons. The third-order valence-corrected chi connectivity index (χ3v) is 4.17. The zero-order valence-electron chi connectivity index (χ0n) is 11.1. The van der Waals surface area contributed by atoms with Crippen LogP contribution in [-0.4, -0.2) is 15.2 Å². The molecule has 0 spiro atoms. The van der Waals surface area contributed by atoms with Gasteiger partial charge in [0.2, 0.25) is 0 Å². The number of hydrogen-bond acceptors (Lipinski definition) is 4. The highest BCUT2D eigenvalue weighted by Crippen LogP contribution is 2.23. The van der Waals surface area contributed by atoms with Crippen molar-refractivity contribution in [2.24, 2.45) is 0 Å². The van der Waals surface area contributed by atoms with E-state index in [0.29, 0.717) is 10.8 Å². The maximum Gasteiger partial charge on any atom is 0.181 e. The van der Waals surface area contributed by atoms with Gasteiger partial charge >= 0.3 is 0 Å². The molecule has 0 unspecified atom stereocenters. The number of aromatic nitrogens is 3. The standard InChI is InChI=1S/C15H13ClN4S/c16-11-3-1-10(2-4-11)15-18-14(19-20-15)9-21-13-7-5-12(17)6-8-13/h1-8H,9,17H2,(H,18,19,20). The minimum absolute atomic E-state index is 0.680. The third kappa shape index (κ3) is 3.56. The van der Waals surface area contributed by atoms with Crippen LogP contribution in [0.5, 0.6) is 0 Å². The molecule has 0 aliphatic heterocycles. The van der Waals surface area contributed by atoms with Crippen molar-refractivity contribution in [3.05, 3.63) is 59.4 Å². The van der Waals surface area contributed by atoms with Crippen molar-refractivity contribution in [3.8, 4) is 11.4 Å². The first-order valence-electron chi connectivity index (χ1n) is 6.36. The minimum Gasteiger partial charge on any atom is -0.399 e. The first-order valence-corrected chi connectivity index (χ1v) is 7.72. The Morgan fingerprint density at radius 3 is 2.48 bits per heavy atom. The summed E-state index contributed by atoms with van der Waals surface area (Å²) >= 11 is 7.55. The average molecular weight is 317 g/mol. The van der Waals surface area contributed by atoms with Gasteiger partial charge in [-0.2, -0.15) is 5.10 Å². The minimum atomic E-state index is 0.680. The molecule has 4 nitrogen and oxygen atoms in total. The number of rotatable bonds is 4. The molecule has 1 aromatic heterocycles. The maximum absolute atomic E-state index is 5.87. The molecule has 1 heterocycles. The van der Waals surface area contributed by atoms with Crippen molar-refractivity contribution in [1.82, 2.24) is 15.2 Å². The Morgan fingerprint density at radius 2 is 1.76 bits per heavy atom. The number of H-pyrrole nitrogens is 1. The molecule has 0 amide bonds. The summed E-state index contributed by atoms with van der Waals surface area (Å²) in [4.78, 5) is 5.63. The number of benzene rings is 2. The molecule has 0 saturated carbocycles. The van der Waals surface area contributed by atoms with E-state index in [0.717, 1.165) is 27.7 Å². The number of nitrogen functional groups attached to an aromatic ring is 1. The summed E-state index contributed by atoms with van der Waals surface area (Å²) < 4.78 is 0. The molecule has 21 heavy (non-hydrogen) atoms. The van der Waals surface area contributed by atoms with Crippen LogP contribution >= 0.6 is 23.4 Å². The zero-order chi connectivity index (χ0) is 14.7. The van der Waals surface area contributed by atoms with Gasteiger partial charge in [-0.25, -0.2) is 4.98 Å². The highest BCUT2D eigenvalue weighted by molar-refractivity contribution is 7.98. The molecule has 2 aromatic carbocycles. The van der Waals surface area contributed by atoms with Crippen LogP contribution in [0.3, 0.4) is 0 Å². The molecular weight excluding hydrogens is 304 g/mol. The lowest BCUT2D eigenvalue weighted by Gasteiger charge is -1.99. The van der Waals surface area contributed by atoms with Crippen molar-refractivity contribution in [1.29, 1.82) is 0 Å². The number of anilines is 1. The topological polar surface area (TPSA) is 67.6 Å². The largest absolute Gasteiger partial charge is 0.399 e. The van der Waals surface area contributed by atoms with E-state index < -0.39 is 0 Å². The monoisotopic (exact) mass is 316 g/mol. The van der Waals surface area contributed by atoms with Crippen LogP contribution in [0.25, 0.3) is 11.4 Å². The van der Waals surface area contributed by atoms with E-state index in [1.165, 1.54) is 0 Å². The second-order valence-corrected chi connectivity index (χ2v) is 5.96. The smallest absolute Gasteiger partial charge is 0.181 e. The van der Waals surface area contributed by atoms with Crippen molar-refractivity contribution in [2.75, 3.05) is 5.73 Å². The molecule has 6 heteroatoms. The van der Waals surface area contributed by atoms with Crippen molar-refractivity contribution >= 4 is 29.1 Å². The summed E-state index contributed by atoms with van der Waals surface area (Å²) in [5.41, 5.74) is 7.38. The fourth-order valence-corrected chi connectivity index (χ4v) is 2.69. The van der Waals surface area contributed by atoms with E-state index in [4.69, 9.17) is 17.3 Å². The van der Waals surface area contributed by atoms with Gasteiger partial charge in [0.25, 0.3) is 0 Å². The predicted molar refractivity (Wildman–Crippen MR) is 87.2 cm³/mol. The van der Waals surface area contributed by atoms with Crippen LogP contribution in [-0.2, 0) is 5.75 Å². The third-order valence-electron chi connectivity index (χ3n) is 2.89. The number of nitrogens with one attached hydrogen (secondary N) is 1. The maximum atomic E-state index is 5.87. The Hall–Kier alpha value is -1.98. The van der Waals surface area contributed by atoms with Crippen molar-refractivity contribution in [2.45, 2.75) is 10.6 Å². The van der Waals surface area contributed by atoms with Crippen molar-refractivity contribution in [3.63, 3.8) is 0 Å². The van der Waals surface area contributed by atoms with Crippen LogP contribution in [0.2, 0.25) is 5.02 Å². The molecule has 0 saturated heterocycles. The van der Waals surface area contributed by atoms with Crippen LogP contribution < -0.4 is 5.73 Å². The molecule has 3 rings (SSSR count). The number of nitrogens with two attached hydrogens (primary N) is 1. The SMILES string of the molecule is Nc1ccc(SCc2nc(-c3ccc(Cl)cc3)n[nH]2)cc1. The highest BCUT2D eigenvalue weighted by Gasteiger charge is 2.06. The quantitative estimate of drug-likeness (QED) is 0.564. The molecule has 3 N–H and O–H groups in total. The fourth-order valence-electron chi connectivity index (χ4n) is 1.80. The molecule has 0 bridgehead atoms. The second kappa shape index (κ2) is 6.20. The van der Waals surface area contributed by atoms with E-state index in [2.05, 4.69) is 15.2 Å². The second-order valence-electron chi connectivity index (χ2n) is 4.47. The summed E-state index contributed by atoms with van der Waals surface area (Å²) in [6, 6.07) is 15.2. The summed E-state index contributed by atoms with van der Waals surface area (Å²) in [7, 11) is 0. The van der Waals surface area contributed by atoms with Gasteiger partial charge in [-0.3, -0.25) is 5.10 Å². The Kier molecular flexibility index (Phi) is 4.13. The Bertz CT molecular complexity index is 722. The first-order chi connectivity index (χ1) is 10.2. The Balaban J connectivity index is 1.67. The van der Waals surface area contributed by atoms with E-state index in [9.17, 15) is 0 Å². The average Bonchev–Trinajstić information content (AvgIpc) is 2.96. The summed E-state index contributed by atoms with van der Waals surface area (Å²) in [5.74, 6) is 2.24. The molecule has 3 aromatic rings. The summed E-state index contributed by atoms with van der Waals surface area (Å²) in [5, 5.41) is 7.89. The molecule has 0 aliphatic carbocycles. The van der Waals surface area contributed by atoms with Crippen molar-refractivity contribution < 1.29 is 0 Å². The lowest BCUT2D eigenvalue weighted by Crippen LogP contribution is -1.86. The highest BCUT2D eigenvalue weighted by atomic mass is 35.5. The number of nitrogens with zero attached hydrogens (tertiary/aromatic N) is 2. The summed E-state index contributed by atoms with van der Waals surface area (Å²) in [6.07, 6.45) is 0. The van der Waals surface area contributed by atoms with E-state index >= 15 is 0 Å². The Labute approximate surface area is 131 Å². The van der Waals surface area contributed by atoms with Crippen LogP contribution in [0.4, 0.5) is 5.69 Å². The Morgan fingerprint density at radius 1 is 1.05 bits per heavy atom. The van der Waals surface area contributed by atoms with Gasteiger partial charge in [0.15, 0.2) is 5.82 Å². The lowest BCUT2D eigenvalue weighted by atomic mass is 10.2. The van der Waals surface area contributed by atoms with Crippen LogP contribution in [0.1, 0.15) is 5.82 Å². The predicted octanol–water partition coefficient (Wildman–Crippen LogP) is 4.00. The van der Waals surface area contributed by atoms with E-state index in [-0.39, 0.29) is 0 Å². The number of thioether (sulfide) groups is 1. The number of aromatic amines is 1. The van der Waals surface area contributed by atoms with Gasteiger partial charge in [0.1, 0.15) is 5.82 Å². The van der Waals surface area contributed by atoms with Crippen LogP contribution in [0, 0.1) is 0 Å². The normalized spacial score (nSPS) is 10.7. The van der Waals surface area contributed by atoms with E-state index in [1.807, 2.05) is 48.5 Å². The fraction of sp³-hybridized carbons (Fsp3) is 0.0667. The first kappa shape index (κ1) is 14.0. The zero-order valence-corrected chi connectivity index (χ0v) is 12.7. The number of hydrogen-bond donors (Lipinski definition) is 2. The lowest BCUT2D eigenvalue weighted by molar-refractivity contribution is 1.03. The van der Waals surface area contributed by atoms with Gasteiger partial charge in [-0.05, 0) is 48.5 Å². The number of halogens is 1. The molecule has 0 aliphatic rings. The van der Waals surface area contributed by atoms with Gasteiger partial charge in [-0.1, -0.05) is 11.6 Å². The summed E-state index contributed by atoms with van der Waals surface area (Å²) in [6.45, 7) is 0. The van der Waals surface area contributed by atoms with Crippen LogP contribution in [0.15, 0.2) is 53.4 Å². The molecular formula is C15H13ClN4S. The van der Waals surface area contributed by atoms with E-state index in [1.54, 1.807) is 11.8 Å². The van der Waals surface area contributed by atoms with Gasteiger partial charge in [0.05, 0.1) is 5.75 Å². The van der Waals surface area contributed by atoms with Gasteiger partial charge < -0.3 is 5.73 Å².